The first kappa shape index (κ1) is 40.6. The molecule has 3 atom stereocenters. The number of carboxylic acids is 2. The Morgan fingerprint density at radius 1 is 1.18 bits per heavy atom. The van der Waals surface area contributed by atoms with Crippen LogP contribution in [0, 0.1) is 5.92 Å². The van der Waals surface area contributed by atoms with E-state index in [2.05, 4.69) is 10.1 Å². The van der Waals surface area contributed by atoms with Crippen LogP contribution in [-0.4, -0.2) is 103 Å². The molecule has 0 saturated carbocycles. The smallest absolute Gasteiger partial charge is 0.546 e. The number of carboxylic acid groups (broad SMARTS) is 2. The fourth-order valence-electron chi connectivity index (χ4n) is 6.53. The van der Waals surface area contributed by atoms with Gasteiger partial charge < -0.3 is 45.1 Å². The Morgan fingerprint density at radius 2 is 1.88 bits per heavy atom. The van der Waals surface area contributed by atoms with Gasteiger partial charge in [0.25, 0.3) is 0 Å². The van der Waals surface area contributed by atoms with Gasteiger partial charge in [0.05, 0.1) is 48.6 Å². The van der Waals surface area contributed by atoms with Gasteiger partial charge in [-0.15, -0.1) is 11.8 Å². The number of carbonyl (C=O) groups excluding carboxylic acids is 5. The topological polar surface area (TPSA) is 236 Å². The Bertz CT molecular complexity index is 1780. The normalized spacial score (nSPS) is 20.2. The number of aliphatic carboxylic acids is 2. The van der Waals surface area contributed by atoms with Crippen LogP contribution in [0.15, 0.2) is 34.6 Å². The molecule has 2 fully saturated rings. The molecule has 1 amide bonds. The van der Waals surface area contributed by atoms with Crippen LogP contribution in [0.5, 0.6) is 11.5 Å². The molecule has 1 aromatic heterocycles. The maximum Gasteiger partial charge on any atom is 1.00 e. The second-order valence-electron chi connectivity index (χ2n) is 12.5. The maximum absolute atomic E-state index is 13.5. The van der Waals surface area contributed by atoms with Gasteiger partial charge in [0.1, 0.15) is 16.6 Å². The number of carbonyl (C=O) groups is 5. The number of rotatable bonds is 16. The number of oxime groups is 1. The number of likely N-dealkylation sites (tertiary alicyclic amines) is 1. The predicted octanol–water partition coefficient (Wildman–Crippen LogP) is -2.19. The van der Waals surface area contributed by atoms with Crippen molar-refractivity contribution in [3.8, 4) is 11.5 Å². The fraction of sp³-hybridized carbons (Fsp3) is 0.469. The summed E-state index contributed by atoms with van der Waals surface area (Å²) in [5.41, 5.74) is 5.84. The number of β-lactam (4-membered cyclic amide) rings is 1. The van der Waals surface area contributed by atoms with E-state index >= 15 is 0 Å². The van der Waals surface area contributed by atoms with E-state index in [1.807, 2.05) is 0 Å². The van der Waals surface area contributed by atoms with E-state index in [1.165, 1.54) is 34.9 Å². The summed E-state index contributed by atoms with van der Waals surface area (Å²) in [5.74, 6) is -5.81. The molecule has 1 aromatic carbocycles. The summed E-state index contributed by atoms with van der Waals surface area (Å²) in [6, 6.07) is 3.96. The number of benzene rings is 1. The van der Waals surface area contributed by atoms with E-state index in [-0.39, 0.29) is 74.1 Å². The summed E-state index contributed by atoms with van der Waals surface area (Å²) in [6.45, 7) is 3.87. The van der Waals surface area contributed by atoms with Crippen LogP contribution in [0.4, 0.5) is 5.13 Å². The van der Waals surface area contributed by atoms with Gasteiger partial charge in [-0.3, -0.25) is 19.3 Å². The first-order chi connectivity index (χ1) is 23.7. The molecule has 0 unspecified atom stereocenters. The Labute approximate surface area is 328 Å². The number of quaternary nitrogens is 1. The summed E-state index contributed by atoms with van der Waals surface area (Å²) in [5, 5.41) is 45.9. The number of amides is 1. The Hall–Kier alpha value is -3.19. The minimum atomic E-state index is -1.58. The van der Waals surface area contributed by atoms with Gasteiger partial charge in [0, 0.05) is 42.6 Å². The Morgan fingerprint density at radius 3 is 2.49 bits per heavy atom. The molecule has 2 saturated heterocycles. The molecular weight excluding hydrogens is 737 g/mol. The van der Waals surface area contributed by atoms with E-state index in [1.54, 1.807) is 0 Å². The number of anilines is 1. The number of hydrogen-bond acceptors (Lipinski definition) is 15. The van der Waals surface area contributed by atoms with E-state index in [4.69, 9.17) is 22.2 Å². The number of thioether (sulfide) groups is 1. The number of hydrogen-bond donors (Lipinski definition) is 3. The zero-order valence-corrected chi connectivity index (χ0v) is 32.4. The van der Waals surface area contributed by atoms with Crippen LogP contribution in [0.3, 0.4) is 0 Å². The third-order valence-electron chi connectivity index (χ3n) is 9.11. The molecule has 0 bridgehead atoms. The number of phenols is 2. The molecule has 4 heterocycles. The van der Waals surface area contributed by atoms with Crippen molar-refractivity contribution in [3.05, 3.63) is 45.1 Å². The molecule has 4 N–H and O–H groups in total. The first-order valence-electron chi connectivity index (χ1n) is 15.9. The number of phenolic OH excluding ortho intramolecular Hbond substituents is 2. The zero-order chi connectivity index (χ0) is 36.3. The summed E-state index contributed by atoms with van der Waals surface area (Å²) < 4.78 is 0.611. The average molecular weight is 772 g/mol. The maximum atomic E-state index is 13.5. The van der Waals surface area contributed by atoms with Crippen molar-refractivity contribution in [2.24, 2.45) is 11.1 Å². The van der Waals surface area contributed by atoms with Crippen LogP contribution >= 0.6 is 34.7 Å². The summed E-state index contributed by atoms with van der Waals surface area (Å²) in [6.07, 6.45) is 1.50. The first-order valence-corrected chi connectivity index (χ1v) is 18.1. The number of nitrogen functional groups attached to an aromatic ring is 1. The van der Waals surface area contributed by atoms with Gasteiger partial charge in [0.2, 0.25) is 5.91 Å². The predicted molar refractivity (Wildman–Crippen MR) is 179 cm³/mol. The summed E-state index contributed by atoms with van der Waals surface area (Å²) in [4.78, 5) is 73.3. The van der Waals surface area contributed by atoms with Crippen LogP contribution in [0.2, 0.25) is 4.34 Å². The van der Waals surface area contributed by atoms with Crippen molar-refractivity contribution in [2.45, 2.75) is 56.9 Å². The molecule has 0 spiro atoms. The van der Waals surface area contributed by atoms with Gasteiger partial charge >= 0.3 is 29.6 Å². The van der Waals surface area contributed by atoms with Crippen LogP contribution in [0.1, 0.15) is 61.5 Å². The number of nitrogens with two attached hydrogens (primary N) is 1. The van der Waals surface area contributed by atoms with Crippen molar-refractivity contribution in [1.82, 2.24) is 9.88 Å². The number of Topliss-reactive ketones (excluding diaryl/α,β-unsaturated/α-hetero) is 2. The van der Waals surface area contributed by atoms with Crippen molar-refractivity contribution in [2.75, 3.05) is 37.7 Å². The second kappa shape index (κ2) is 17.1. The average Bonchev–Trinajstić information content (AvgIpc) is 3.67. The van der Waals surface area contributed by atoms with E-state index in [9.17, 15) is 44.4 Å². The fourth-order valence-corrected chi connectivity index (χ4v) is 8.87. The van der Waals surface area contributed by atoms with Crippen molar-refractivity contribution in [3.63, 3.8) is 0 Å². The number of aromatic hydroxyl groups is 2. The number of unbranched alkanes of at least 4 members (excludes halogenated alkanes) is 1. The number of thiazole rings is 1. The quantitative estimate of drug-likeness (QED) is 0.0241. The number of ketones is 2. The standard InChI is InChI=1S/C32H36ClN5O10S2.Na/c1-16(30(44)45)48-36-24(25-27(33)50-32(34)35-25)23(42)13-19-28(43)37-26(31(46)47)18(15-49-29(19)37)14-38(10-4-5-11-38)9-3-2-6-20(39)17-7-8-21(40)22(41)12-17;/h7-8,12,16,19,29H,2-6,9-11,13-15H2,1H3,(H5-,34,35,36,39,40,41,42,44,45,46,47);/q;+1/p-1/t16-,19+,29+;/m0./s1. The van der Waals surface area contributed by atoms with Crippen LogP contribution in [-0.2, 0) is 24.0 Å². The zero-order valence-electron chi connectivity index (χ0n) is 28.0. The van der Waals surface area contributed by atoms with Crippen LogP contribution < -0.4 is 45.5 Å². The van der Waals surface area contributed by atoms with Crippen molar-refractivity contribution >= 4 is 75.0 Å². The van der Waals surface area contributed by atoms with Gasteiger partial charge in [-0.25, -0.2) is 4.98 Å². The molecule has 3 aliphatic heterocycles. The summed E-state index contributed by atoms with van der Waals surface area (Å²) in [7, 11) is 0. The number of halogens is 1. The third kappa shape index (κ3) is 9.07. The van der Waals surface area contributed by atoms with E-state index < -0.39 is 53.2 Å². The van der Waals surface area contributed by atoms with E-state index in [0.29, 0.717) is 47.3 Å². The Kier molecular flexibility index (Phi) is 13.6. The third-order valence-corrected chi connectivity index (χ3v) is 11.6. The van der Waals surface area contributed by atoms with Gasteiger partial charge in [-0.2, -0.15) is 0 Å². The number of nitrogens with zero attached hydrogens (tertiary/aromatic N) is 4. The van der Waals surface area contributed by atoms with Gasteiger partial charge in [-0.05, 0) is 38.0 Å². The van der Waals surface area contributed by atoms with Crippen LogP contribution in [0.25, 0.3) is 0 Å². The molecule has 5 rings (SSSR count). The molecular formula is C32H35ClN5NaO10S2. The SMILES string of the molecule is C[C@H](O/N=C(\C(=O)C[C@@H]1C(=O)N2C(C(=O)[O-])=C(C[N+]3(CCCCC(=O)c4ccc(O)c(O)c4)CCCC3)CS[C@H]12)c1nc(N)sc1Cl)C(=O)[O-].[Na+]. The number of fused-ring (bicyclic) bond motifs is 1. The second-order valence-corrected chi connectivity index (χ2v) is 15.3. The number of aromatic nitrogens is 1. The monoisotopic (exact) mass is 771 g/mol. The van der Waals surface area contributed by atoms with Gasteiger partial charge in [-0.1, -0.05) is 28.1 Å². The molecule has 0 aliphatic carbocycles. The molecule has 268 valence electrons. The van der Waals surface area contributed by atoms with Crippen molar-refractivity contribution in [1.29, 1.82) is 0 Å². The molecule has 19 heteroatoms. The molecule has 0 radical (unpaired) electrons. The molecule has 3 aliphatic rings. The minimum Gasteiger partial charge on any atom is -0.546 e. The molecule has 51 heavy (non-hydrogen) atoms. The molecule has 15 nitrogen and oxygen atoms in total. The van der Waals surface area contributed by atoms with Gasteiger partial charge in [0.15, 0.2) is 40.0 Å². The van der Waals surface area contributed by atoms with Crippen molar-refractivity contribution < 1.29 is 83.3 Å². The minimum absolute atomic E-state index is 0. The molecule has 2 aromatic rings. The largest absolute Gasteiger partial charge is 1.00 e. The Balaban J connectivity index is 0.00000583. The van der Waals surface area contributed by atoms with E-state index in [0.717, 1.165) is 44.2 Å². The summed E-state index contributed by atoms with van der Waals surface area (Å²) >= 11 is 8.40.